The fourth-order valence-corrected chi connectivity index (χ4v) is 0.638. The van der Waals surface area contributed by atoms with Crippen LogP contribution < -0.4 is 0 Å². The van der Waals surface area contributed by atoms with Crippen molar-refractivity contribution in [1.29, 1.82) is 0 Å². The number of carbonyl (C=O) groups excluding carboxylic acids is 2. The largest absolute Gasteiger partial charge is 0.457 e. The quantitative estimate of drug-likeness (QED) is 0.154. The molecule has 0 atom stereocenters. The number of hydrogen-bond acceptors (Lipinski definition) is 3. The van der Waals surface area contributed by atoms with Gasteiger partial charge in [0.15, 0.2) is 0 Å². The van der Waals surface area contributed by atoms with Crippen LogP contribution in [0.25, 0.3) is 5.53 Å². The van der Waals surface area contributed by atoms with Crippen LogP contribution in [0.15, 0.2) is 12.7 Å². The van der Waals surface area contributed by atoms with E-state index in [1.165, 1.54) is 6.08 Å². The van der Waals surface area contributed by atoms with Crippen LogP contribution in [-0.2, 0) is 14.3 Å². The van der Waals surface area contributed by atoms with Gasteiger partial charge >= 0.3 is 11.7 Å². The second-order valence-electron chi connectivity index (χ2n) is 2.09. The summed E-state index contributed by atoms with van der Waals surface area (Å²) in [4.78, 5) is 24.5. The predicted octanol–water partition coefficient (Wildman–Crippen LogP) is 0.365. The van der Waals surface area contributed by atoms with E-state index in [4.69, 9.17) is 5.53 Å². The Bertz CT molecular complexity index is 277. The van der Waals surface area contributed by atoms with Gasteiger partial charge in [0.05, 0.1) is 6.61 Å². The van der Waals surface area contributed by atoms with Crippen LogP contribution in [0.1, 0.15) is 13.3 Å². The topological polar surface area (TPSA) is 79.8 Å². The van der Waals surface area contributed by atoms with Gasteiger partial charge < -0.3 is 10.3 Å². The second kappa shape index (κ2) is 5.85. The molecule has 0 bridgehead atoms. The first-order valence-electron chi connectivity index (χ1n) is 3.70. The SMILES string of the molecule is C=CCC(=O)C(=[N+]=[N-])C(=O)OCC. The fraction of sp³-hybridized carbons (Fsp3) is 0.375. The van der Waals surface area contributed by atoms with Crippen molar-refractivity contribution in [3.63, 3.8) is 0 Å². The highest BCUT2D eigenvalue weighted by atomic mass is 16.5. The summed E-state index contributed by atoms with van der Waals surface area (Å²) in [6.45, 7) is 5.03. The molecule has 0 aliphatic carbocycles. The lowest BCUT2D eigenvalue weighted by molar-refractivity contribution is -0.141. The molecule has 0 heterocycles. The number of allylic oxidation sites excluding steroid dienone is 1. The van der Waals surface area contributed by atoms with Crippen LogP contribution in [0.4, 0.5) is 0 Å². The molecular formula is C8H10N2O3. The number of carbonyl (C=O) groups is 2. The van der Waals surface area contributed by atoms with Crippen molar-refractivity contribution in [3.05, 3.63) is 18.2 Å². The molecule has 5 heteroatoms. The first kappa shape index (κ1) is 11.3. The van der Waals surface area contributed by atoms with E-state index in [-0.39, 0.29) is 13.0 Å². The van der Waals surface area contributed by atoms with Crippen molar-refractivity contribution < 1.29 is 19.1 Å². The monoisotopic (exact) mass is 182 g/mol. The van der Waals surface area contributed by atoms with Crippen molar-refractivity contribution in [2.45, 2.75) is 13.3 Å². The van der Waals surface area contributed by atoms with Crippen molar-refractivity contribution >= 4 is 17.5 Å². The third-order valence-corrected chi connectivity index (χ3v) is 1.16. The number of ketones is 1. The van der Waals surface area contributed by atoms with E-state index in [1.54, 1.807) is 6.92 Å². The van der Waals surface area contributed by atoms with Crippen molar-refractivity contribution in [2.24, 2.45) is 0 Å². The summed E-state index contributed by atoms with van der Waals surface area (Å²) in [5.74, 6) is -1.53. The van der Waals surface area contributed by atoms with Crippen LogP contribution in [0.5, 0.6) is 0 Å². The lowest BCUT2D eigenvalue weighted by atomic mass is 10.2. The first-order chi connectivity index (χ1) is 6.17. The van der Waals surface area contributed by atoms with Crippen molar-refractivity contribution in [3.8, 4) is 0 Å². The number of esters is 1. The van der Waals surface area contributed by atoms with Gasteiger partial charge in [-0.3, -0.25) is 4.79 Å². The van der Waals surface area contributed by atoms with E-state index < -0.39 is 17.5 Å². The molecule has 0 N–H and O–H groups in total. The van der Waals surface area contributed by atoms with Crippen LogP contribution in [0.2, 0.25) is 0 Å². The Hall–Kier alpha value is -1.74. The molecule has 0 amide bonds. The summed E-state index contributed by atoms with van der Waals surface area (Å²) in [5, 5.41) is 0. The average Bonchev–Trinajstić information content (AvgIpc) is 2.06. The summed E-state index contributed by atoms with van der Waals surface area (Å²) in [5.41, 5.74) is 7.76. The maximum Gasteiger partial charge on any atom is 0.441 e. The zero-order chi connectivity index (χ0) is 10.3. The molecule has 0 rings (SSSR count). The standard InChI is InChI=1S/C8H10N2O3/c1-3-5-6(11)7(10-9)8(12)13-4-2/h3H,1,4-5H2,2H3. The van der Waals surface area contributed by atoms with Gasteiger partial charge in [0.2, 0.25) is 0 Å². The van der Waals surface area contributed by atoms with E-state index in [9.17, 15) is 9.59 Å². The Morgan fingerprint density at radius 1 is 1.62 bits per heavy atom. The summed E-state index contributed by atoms with van der Waals surface area (Å²) < 4.78 is 4.48. The van der Waals surface area contributed by atoms with E-state index in [2.05, 4.69) is 16.1 Å². The lowest BCUT2D eigenvalue weighted by Crippen LogP contribution is -2.26. The molecule has 13 heavy (non-hydrogen) atoms. The summed E-state index contributed by atoms with van der Waals surface area (Å²) in [6, 6.07) is 0. The Morgan fingerprint density at radius 2 is 2.23 bits per heavy atom. The third-order valence-electron chi connectivity index (χ3n) is 1.16. The molecule has 0 aromatic rings. The Balaban J connectivity index is 4.53. The minimum absolute atomic E-state index is 0.0573. The van der Waals surface area contributed by atoms with Crippen LogP contribution in [0.3, 0.4) is 0 Å². The van der Waals surface area contributed by atoms with E-state index in [0.29, 0.717) is 0 Å². The Labute approximate surface area is 75.6 Å². The highest BCUT2D eigenvalue weighted by molar-refractivity contribution is 6.62. The number of rotatable bonds is 5. The second-order valence-corrected chi connectivity index (χ2v) is 2.09. The van der Waals surface area contributed by atoms with Crippen LogP contribution in [0, 0.1) is 0 Å². The van der Waals surface area contributed by atoms with Crippen LogP contribution in [-0.4, -0.2) is 28.9 Å². The minimum Gasteiger partial charge on any atom is -0.457 e. The minimum atomic E-state index is -0.920. The molecule has 0 aromatic heterocycles. The molecule has 0 unspecified atom stereocenters. The molecule has 0 fully saturated rings. The summed E-state index contributed by atoms with van der Waals surface area (Å²) in [7, 11) is 0. The molecule has 0 saturated carbocycles. The smallest absolute Gasteiger partial charge is 0.441 e. The normalized spacial score (nSPS) is 8.38. The van der Waals surface area contributed by atoms with Gasteiger partial charge in [-0.05, 0) is 6.92 Å². The molecule has 0 aliphatic rings. The molecule has 0 saturated heterocycles. The van der Waals surface area contributed by atoms with Gasteiger partial charge in [-0.2, -0.15) is 4.79 Å². The highest BCUT2D eigenvalue weighted by Gasteiger charge is 2.29. The maximum absolute atomic E-state index is 11.0. The zero-order valence-electron chi connectivity index (χ0n) is 7.32. The summed E-state index contributed by atoms with van der Waals surface area (Å²) >= 11 is 0. The first-order valence-corrected chi connectivity index (χ1v) is 3.70. The highest BCUT2D eigenvalue weighted by Crippen LogP contribution is 1.89. The molecule has 70 valence electrons. The third kappa shape index (κ3) is 3.44. The molecule has 0 aliphatic heterocycles. The van der Waals surface area contributed by atoms with Gasteiger partial charge in [0, 0.05) is 6.42 Å². The molecular weight excluding hydrogens is 172 g/mol. The fourth-order valence-electron chi connectivity index (χ4n) is 0.638. The van der Waals surface area contributed by atoms with E-state index >= 15 is 0 Å². The Morgan fingerprint density at radius 3 is 2.62 bits per heavy atom. The summed E-state index contributed by atoms with van der Waals surface area (Å²) in [6.07, 6.45) is 1.25. The van der Waals surface area contributed by atoms with Gasteiger partial charge in [0.25, 0.3) is 5.78 Å². The number of hydrogen-bond donors (Lipinski definition) is 0. The van der Waals surface area contributed by atoms with Crippen LogP contribution >= 0.6 is 0 Å². The van der Waals surface area contributed by atoms with E-state index in [1.807, 2.05) is 0 Å². The zero-order valence-corrected chi connectivity index (χ0v) is 7.32. The van der Waals surface area contributed by atoms with Gasteiger partial charge in [-0.1, -0.05) is 6.08 Å². The Kier molecular flexibility index (Phi) is 5.07. The molecule has 5 nitrogen and oxygen atoms in total. The predicted molar refractivity (Wildman–Crippen MR) is 45.1 cm³/mol. The van der Waals surface area contributed by atoms with Gasteiger partial charge in [-0.15, -0.1) is 6.58 Å². The number of Topliss-reactive ketones (excluding diaryl/α,β-unsaturated/α-hetero) is 1. The lowest BCUT2D eigenvalue weighted by Gasteiger charge is -1.94. The van der Waals surface area contributed by atoms with Crippen molar-refractivity contribution in [2.75, 3.05) is 6.61 Å². The molecule has 0 aromatic carbocycles. The molecule has 0 spiro atoms. The average molecular weight is 182 g/mol. The maximum atomic E-state index is 11.0. The van der Waals surface area contributed by atoms with Gasteiger partial charge in [0.1, 0.15) is 0 Å². The number of ether oxygens (including phenoxy) is 1. The molecule has 0 radical (unpaired) electrons. The van der Waals surface area contributed by atoms with E-state index in [0.717, 1.165) is 0 Å². The number of nitrogens with zero attached hydrogens (tertiary/aromatic N) is 2. The van der Waals surface area contributed by atoms with Gasteiger partial charge in [-0.25, -0.2) is 4.79 Å². The van der Waals surface area contributed by atoms with Crippen molar-refractivity contribution in [1.82, 2.24) is 0 Å².